The average molecular weight is 287 g/mol. The Hall–Kier alpha value is -2.56. The van der Waals surface area contributed by atoms with E-state index in [1.807, 2.05) is 0 Å². The second kappa shape index (κ2) is 5.09. The average Bonchev–Trinajstić information content (AvgIpc) is 2.82. The molecule has 0 saturated carbocycles. The lowest BCUT2D eigenvalue weighted by atomic mass is 10.00. The summed E-state index contributed by atoms with van der Waals surface area (Å²) in [6.45, 7) is 0. The number of nitrogens with one attached hydrogen (secondary N) is 1. The lowest BCUT2D eigenvalue weighted by Gasteiger charge is -2.05. The molecule has 3 nitrogen and oxygen atoms in total. The molecule has 1 heterocycles. The van der Waals surface area contributed by atoms with Gasteiger partial charge in [-0.2, -0.15) is 0 Å². The van der Waals surface area contributed by atoms with Crippen LogP contribution in [0.25, 0.3) is 0 Å². The van der Waals surface area contributed by atoms with Crippen LogP contribution in [0.4, 0.5) is 14.5 Å². The number of benzene rings is 2. The molecule has 0 saturated heterocycles. The number of hydrogen-bond acceptors (Lipinski definition) is 2. The fourth-order valence-electron chi connectivity index (χ4n) is 2.34. The monoisotopic (exact) mass is 287 g/mol. The lowest BCUT2D eigenvalue weighted by molar-refractivity contribution is -0.115. The second-order valence-electron chi connectivity index (χ2n) is 4.95. The third-order valence-corrected chi connectivity index (χ3v) is 3.40. The van der Waals surface area contributed by atoms with E-state index in [0.717, 1.165) is 17.7 Å². The van der Waals surface area contributed by atoms with Crippen molar-refractivity contribution >= 4 is 17.4 Å². The predicted octanol–water partition coefficient (Wildman–Crippen LogP) is 2.88. The van der Waals surface area contributed by atoms with Crippen molar-refractivity contribution in [3.8, 4) is 0 Å². The van der Waals surface area contributed by atoms with Crippen LogP contribution in [0, 0.1) is 11.6 Å². The molecule has 1 aliphatic heterocycles. The van der Waals surface area contributed by atoms with Crippen molar-refractivity contribution in [2.75, 3.05) is 5.32 Å². The van der Waals surface area contributed by atoms with Crippen molar-refractivity contribution in [2.24, 2.45) is 0 Å². The van der Waals surface area contributed by atoms with Crippen LogP contribution in [0.5, 0.6) is 0 Å². The first-order valence-corrected chi connectivity index (χ1v) is 6.43. The summed E-state index contributed by atoms with van der Waals surface area (Å²) in [5, 5.41) is 2.69. The van der Waals surface area contributed by atoms with Crippen LogP contribution >= 0.6 is 0 Å². The lowest BCUT2D eigenvalue weighted by Crippen LogP contribution is -2.04. The normalized spacial score (nSPS) is 13.0. The van der Waals surface area contributed by atoms with Gasteiger partial charge in [-0.05, 0) is 41.5 Å². The number of halogens is 2. The molecule has 0 unspecified atom stereocenters. The van der Waals surface area contributed by atoms with Gasteiger partial charge >= 0.3 is 0 Å². The number of carbonyl (C=O) groups excluding carboxylic acids is 2. The molecule has 21 heavy (non-hydrogen) atoms. The summed E-state index contributed by atoms with van der Waals surface area (Å²) in [6.07, 6.45) is 0.235. The minimum Gasteiger partial charge on any atom is -0.326 e. The second-order valence-corrected chi connectivity index (χ2v) is 4.95. The van der Waals surface area contributed by atoms with Gasteiger partial charge in [-0.1, -0.05) is 6.07 Å². The van der Waals surface area contributed by atoms with Gasteiger partial charge in [0, 0.05) is 17.7 Å². The third kappa shape index (κ3) is 2.67. The van der Waals surface area contributed by atoms with Gasteiger partial charge in [-0.15, -0.1) is 0 Å². The number of carbonyl (C=O) groups is 2. The smallest absolute Gasteiger partial charge is 0.228 e. The van der Waals surface area contributed by atoms with Crippen molar-refractivity contribution < 1.29 is 18.4 Å². The summed E-state index contributed by atoms with van der Waals surface area (Å²) < 4.78 is 26.0. The molecule has 106 valence electrons. The Bertz CT molecular complexity index is 756. The van der Waals surface area contributed by atoms with Crippen molar-refractivity contribution in [1.29, 1.82) is 0 Å². The van der Waals surface area contributed by atoms with E-state index in [2.05, 4.69) is 5.32 Å². The Balaban J connectivity index is 1.81. The Morgan fingerprint density at radius 3 is 2.67 bits per heavy atom. The molecule has 0 aromatic heterocycles. The Morgan fingerprint density at radius 2 is 1.90 bits per heavy atom. The first kappa shape index (κ1) is 13.4. The largest absolute Gasteiger partial charge is 0.326 e. The molecule has 1 amide bonds. The molecule has 0 atom stereocenters. The summed E-state index contributed by atoms with van der Waals surface area (Å²) >= 11 is 0. The number of hydrogen-bond donors (Lipinski definition) is 1. The number of rotatable bonds is 3. The van der Waals surface area contributed by atoms with Crippen LogP contribution in [0.15, 0.2) is 36.4 Å². The van der Waals surface area contributed by atoms with Crippen LogP contribution in [0.2, 0.25) is 0 Å². The molecule has 1 aliphatic rings. The van der Waals surface area contributed by atoms with Gasteiger partial charge in [-0.25, -0.2) is 8.78 Å². The Labute approximate surface area is 119 Å². The highest BCUT2D eigenvalue weighted by Gasteiger charge is 2.19. The van der Waals surface area contributed by atoms with Crippen molar-refractivity contribution in [1.82, 2.24) is 0 Å². The van der Waals surface area contributed by atoms with Gasteiger partial charge < -0.3 is 5.32 Å². The van der Waals surface area contributed by atoms with E-state index in [-0.39, 0.29) is 24.5 Å². The van der Waals surface area contributed by atoms with E-state index in [4.69, 9.17) is 0 Å². The maximum Gasteiger partial charge on any atom is 0.228 e. The zero-order chi connectivity index (χ0) is 15.0. The molecule has 0 bridgehead atoms. The number of fused-ring (bicyclic) bond motifs is 1. The van der Waals surface area contributed by atoms with E-state index in [9.17, 15) is 18.4 Å². The van der Waals surface area contributed by atoms with Crippen LogP contribution in [0.1, 0.15) is 21.5 Å². The SMILES string of the molecule is O=C1Cc2cc(C(=O)Cc3ccc(F)c(F)c3)ccc2N1. The summed E-state index contributed by atoms with van der Waals surface area (Å²) in [4.78, 5) is 23.4. The quantitative estimate of drug-likeness (QED) is 0.882. The minimum atomic E-state index is -0.968. The predicted molar refractivity (Wildman–Crippen MR) is 73.2 cm³/mol. The van der Waals surface area contributed by atoms with E-state index < -0.39 is 11.6 Å². The van der Waals surface area contributed by atoms with E-state index in [0.29, 0.717) is 16.8 Å². The first-order chi connectivity index (χ1) is 10.0. The molecular formula is C16H11F2NO2. The van der Waals surface area contributed by atoms with Gasteiger partial charge in [-0.3, -0.25) is 9.59 Å². The van der Waals surface area contributed by atoms with Crippen LogP contribution < -0.4 is 5.32 Å². The summed E-state index contributed by atoms with van der Waals surface area (Å²) in [5.74, 6) is -2.21. The third-order valence-electron chi connectivity index (χ3n) is 3.40. The molecular weight excluding hydrogens is 276 g/mol. The molecule has 2 aromatic carbocycles. The zero-order valence-electron chi connectivity index (χ0n) is 11.0. The molecule has 1 N–H and O–H groups in total. The van der Waals surface area contributed by atoms with Crippen LogP contribution in [0.3, 0.4) is 0 Å². The minimum absolute atomic E-state index is 0.0165. The Kier molecular flexibility index (Phi) is 3.25. The molecule has 3 rings (SSSR count). The highest BCUT2D eigenvalue weighted by Crippen LogP contribution is 2.24. The van der Waals surface area contributed by atoms with Crippen molar-refractivity contribution in [3.05, 3.63) is 64.7 Å². The maximum absolute atomic E-state index is 13.1. The zero-order valence-corrected chi connectivity index (χ0v) is 11.0. The van der Waals surface area contributed by atoms with Crippen LogP contribution in [-0.4, -0.2) is 11.7 Å². The number of amides is 1. The topological polar surface area (TPSA) is 46.2 Å². The molecule has 0 spiro atoms. The van der Waals surface area contributed by atoms with E-state index >= 15 is 0 Å². The fraction of sp³-hybridized carbons (Fsp3) is 0.125. The highest BCUT2D eigenvalue weighted by atomic mass is 19.2. The highest BCUT2D eigenvalue weighted by molar-refractivity contribution is 6.02. The number of ketones is 1. The standard InChI is InChI=1S/C16H11F2NO2/c17-12-3-1-9(5-13(12)18)6-15(20)10-2-4-14-11(7-10)8-16(21)19-14/h1-5,7H,6,8H2,(H,19,21). The Morgan fingerprint density at radius 1 is 1.10 bits per heavy atom. The number of anilines is 1. The molecule has 0 radical (unpaired) electrons. The molecule has 5 heteroatoms. The van der Waals surface area contributed by atoms with Gasteiger partial charge in [0.2, 0.25) is 5.91 Å². The van der Waals surface area contributed by atoms with E-state index in [1.54, 1.807) is 18.2 Å². The molecule has 0 aliphatic carbocycles. The van der Waals surface area contributed by atoms with Gasteiger partial charge in [0.05, 0.1) is 6.42 Å². The summed E-state index contributed by atoms with van der Waals surface area (Å²) in [5.41, 5.74) is 2.35. The van der Waals surface area contributed by atoms with Gasteiger partial charge in [0.15, 0.2) is 17.4 Å². The van der Waals surface area contributed by atoms with Crippen LogP contribution in [-0.2, 0) is 17.6 Å². The van der Waals surface area contributed by atoms with E-state index in [1.165, 1.54) is 6.07 Å². The van der Waals surface area contributed by atoms with Crippen molar-refractivity contribution in [2.45, 2.75) is 12.8 Å². The van der Waals surface area contributed by atoms with Gasteiger partial charge in [0.25, 0.3) is 0 Å². The van der Waals surface area contributed by atoms with Gasteiger partial charge in [0.1, 0.15) is 0 Å². The fourth-order valence-corrected chi connectivity index (χ4v) is 2.34. The summed E-state index contributed by atoms with van der Waals surface area (Å²) in [6, 6.07) is 8.37. The molecule has 2 aromatic rings. The number of Topliss-reactive ketones (excluding diaryl/α,β-unsaturated/α-hetero) is 1. The first-order valence-electron chi connectivity index (χ1n) is 6.43. The van der Waals surface area contributed by atoms with Crippen molar-refractivity contribution in [3.63, 3.8) is 0 Å². The maximum atomic E-state index is 13.1. The molecule has 0 fully saturated rings. The summed E-state index contributed by atoms with van der Waals surface area (Å²) in [7, 11) is 0.